The summed E-state index contributed by atoms with van der Waals surface area (Å²) in [7, 11) is 0. The zero-order chi connectivity index (χ0) is 18.1. The van der Waals surface area contributed by atoms with Gasteiger partial charge in [0.25, 0.3) is 5.91 Å². The lowest BCUT2D eigenvalue weighted by atomic mass is 10.0. The van der Waals surface area contributed by atoms with Crippen LogP contribution in [0.1, 0.15) is 29.8 Å². The van der Waals surface area contributed by atoms with Gasteiger partial charge in [0.1, 0.15) is 5.69 Å². The number of likely N-dealkylation sites (tertiary alicyclic amines) is 1. The molecule has 1 amide bonds. The van der Waals surface area contributed by atoms with Crippen molar-refractivity contribution in [3.8, 4) is 11.1 Å². The minimum Gasteiger partial charge on any atom is -0.396 e. The van der Waals surface area contributed by atoms with E-state index in [1.807, 2.05) is 53.4 Å². The van der Waals surface area contributed by atoms with Crippen molar-refractivity contribution in [2.75, 3.05) is 13.2 Å². The molecule has 0 spiro atoms. The van der Waals surface area contributed by atoms with Crippen LogP contribution in [0.3, 0.4) is 0 Å². The number of aliphatic hydroxyl groups is 1. The molecule has 0 aliphatic carbocycles. The number of rotatable bonds is 4. The number of hydrogen-bond acceptors (Lipinski definition) is 2. The van der Waals surface area contributed by atoms with Crippen molar-refractivity contribution in [1.82, 2.24) is 9.88 Å². The molecule has 1 aliphatic heterocycles. The molecule has 2 N–H and O–H groups in total. The molecule has 1 aromatic heterocycles. The summed E-state index contributed by atoms with van der Waals surface area (Å²) in [4.78, 5) is 18.6. The quantitative estimate of drug-likeness (QED) is 0.713. The Morgan fingerprint density at radius 2 is 2.04 bits per heavy atom. The maximum atomic E-state index is 13.4. The van der Waals surface area contributed by atoms with Crippen molar-refractivity contribution in [3.63, 3.8) is 0 Å². The predicted molar refractivity (Wildman–Crippen MR) is 105 cm³/mol. The Kier molecular flexibility index (Phi) is 4.70. The van der Waals surface area contributed by atoms with Gasteiger partial charge in [-0.15, -0.1) is 0 Å². The normalized spacial score (nSPS) is 17.2. The molecule has 3 aromatic rings. The number of carbonyl (C=O) groups excluding carboxylic acids is 1. The summed E-state index contributed by atoms with van der Waals surface area (Å²) in [6.45, 7) is 0.830. The average Bonchev–Trinajstić information content (AvgIpc) is 3.26. The summed E-state index contributed by atoms with van der Waals surface area (Å²) < 4.78 is 0. The zero-order valence-electron chi connectivity index (χ0n) is 14.4. The monoisotopic (exact) mass is 368 g/mol. The molecular formula is C21H21ClN2O2. The van der Waals surface area contributed by atoms with Gasteiger partial charge in [-0.05, 0) is 43.0 Å². The molecule has 4 rings (SSSR count). The van der Waals surface area contributed by atoms with Gasteiger partial charge in [0.05, 0.1) is 0 Å². The van der Waals surface area contributed by atoms with Crippen molar-refractivity contribution >= 4 is 28.4 Å². The number of halogens is 1. The third-order valence-electron chi connectivity index (χ3n) is 5.14. The Morgan fingerprint density at radius 1 is 1.23 bits per heavy atom. The van der Waals surface area contributed by atoms with Crippen LogP contribution in [0.15, 0.2) is 48.5 Å². The Labute approximate surface area is 157 Å². The molecule has 134 valence electrons. The van der Waals surface area contributed by atoms with Crippen LogP contribution < -0.4 is 0 Å². The van der Waals surface area contributed by atoms with Crippen molar-refractivity contribution in [2.45, 2.75) is 25.3 Å². The number of amides is 1. The van der Waals surface area contributed by atoms with Crippen LogP contribution in [0, 0.1) is 0 Å². The molecule has 2 heterocycles. The van der Waals surface area contributed by atoms with E-state index < -0.39 is 0 Å². The van der Waals surface area contributed by atoms with E-state index in [9.17, 15) is 9.90 Å². The van der Waals surface area contributed by atoms with E-state index in [0.717, 1.165) is 41.4 Å². The molecule has 0 saturated carbocycles. The first-order chi connectivity index (χ1) is 12.7. The maximum absolute atomic E-state index is 13.4. The fourth-order valence-corrected chi connectivity index (χ4v) is 4.10. The number of carbonyl (C=O) groups is 1. The Morgan fingerprint density at radius 3 is 2.81 bits per heavy atom. The van der Waals surface area contributed by atoms with Gasteiger partial charge in [-0.25, -0.2) is 0 Å². The molecule has 0 radical (unpaired) electrons. The van der Waals surface area contributed by atoms with Crippen LogP contribution in [0.25, 0.3) is 22.0 Å². The molecule has 5 heteroatoms. The minimum absolute atomic E-state index is 0.00729. The fourth-order valence-electron chi connectivity index (χ4n) is 3.93. The van der Waals surface area contributed by atoms with Crippen molar-refractivity contribution < 1.29 is 9.90 Å². The van der Waals surface area contributed by atoms with Crippen LogP contribution in [0.4, 0.5) is 0 Å². The number of benzene rings is 2. The fraction of sp³-hybridized carbons (Fsp3) is 0.286. The first kappa shape index (κ1) is 17.1. The highest BCUT2D eigenvalue weighted by atomic mass is 35.5. The maximum Gasteiger partial charge on any atom is 0.271 e. The standard InChI is InChI=1S/C21H21ClN2O2/c22-15-8-9-18-17(13-15)19(14-5-2-1-3-6-14)20(23-18)21(26)24-11-4-7-16(24)10-12-25/h1-3,5-6,8-9,13,16,23,25H,4,7,10-12H2/t16-/m1/s1. The smallest absolute Gasteiger partial charge is 0.271 e. The van der Waals surface area contributed by atoms with E-state index >= 15 is 0 Å². The van der Waals surface area contributed by atoms with Crippen molar-refractivity contribution in [1.29, 1.82) is 0 Å². The number of H-pyrrole nitrogens is 1. The molecule has 26 heavy (non-hydrogen) atoms. The van der Waals surface area contributed by atoms with E-state index in [-0.39, 0.29) is 18.6 Å². The van der Waals surface area contributed by atoms with Gasteiger partial charge in [0.2, 0.25) is 0 Å². The summed E-state index contributed by atoms with van der Waals surface area (Å²) in [6.07, 6.45) is 2.54. The minimum atomic E-state index is -0.00729. The summed E-state index contributed by atoms with van der Waals surface area (Å²) in [5.74, 6) is -0.00729. The second kappa shape index (κ2) is 7.14. The Balaban J connectivity index is 1.85. The van der Waals surface area contributed by atoms with Crippen molar-refractivity contribution in [3.05, 3.63) is 59.2 Å². The number of nitrogens with one attached hydrogen (secondary N) is 1. The van der Waals surface area contributed by atoms with Gasteiger partial charge < -0.3 is 15.0 Å². The van der Waals surface area contributed by atoms with E-state index in [1.165, 1.54) is 0 Å². The van der Waals surface area contributed by atoms with Crippen LogP contribution in [-0.4, -0.2) is 40.1 Å². The summed E-state index contributed by atoms with van der Waals surface area (Å²) in [5, 5.41) is 10.9. The van der Waals surface area contributed by atoms with Gasteiger partial charge >= 0.3 is 0 Å². The summed E-state index contributed by atoms with van der Waals surface area (Å²) in [5.41, 5.74) is 3.37. The number of aliphatic hydroxyl groups excluding tert-OH is 1. The van der Waals surface area contributed by atoms with Crippen LogP contribution in [0.2, 0.25) is 5.02 Å². The third-order valence-corrected chi connectivity index (χ3v) is 5.37. The number of aromatic nitrogens is 1. The zero-order valence-corrected chi connectivity index (χ0v) is 15.2. The highest BCUT2D eigenvalue weighted by Gasteiger charge is 2.31. The van der Waals surface area contributed by atoms with Gasteiger partial charge in [-0.2, -0.15) is 0 Å². The van der Waals surface area contributed by atoms with E-state index in [2.05, 4.69) is 4.98 Å². The molecular weight excluding hydrogens is 348 g/mol. The van der Waals surface area contributed by atoms with E-state index in [4.69, 9.17) is 11.6 Å². The molecule has 4 nitrogen and oxygen atoms in total. The second-order valence-electron chi connectivity index (χ2n) is 6.74. The van der Waals surface area contributed by atoms with Gasteiger partial charge in [0.15, 0.2) is 0 Å². The highest BCUT2D eigenvalue weighted by Crippen LogP contribution is 2.35. The molecule has 0 bridgehead atoms. The molecule has 1 fully saturated rings. The molecule has 1 atom stereocenters. The number of nitrogens with zero attached hydrogens (tertiary/aromatic N) is 1. The molecule has 0 unspecified atom stereocenters. The van der Waals surface area contributed by atoms with E-state index in [1.54, 1.807) is 0 Å². The van der Waals surface area contributed by atoms with Crippen LogP contribution in [0.5, 0.6) is 0 Å². The predicted octanol–water partition coefficient (Wildman–Crippen LogP) is 4.48. The second-order valence-corrected chi connectivity index (χ2v) is 7.17. The number of aromatic amines is 1. The van der Waals surface area contributed by atoms with Crippen molar-refractivity contribution in [2.24, 2.45) is 0 Å². The first-order valence-corrected chi connectivity index (χ1v) is 9.35. The number of hydrogen-bond donors (Lipinski definition) is 2. The van der Waals surface area contributed by atoms with Gasteiger partial charge in [-0.3, -0.25) is 4.79 Å². The third kappa shape index (κ3) is 3.00. The lowest BCUT2D eigenvalue weighted by Crippen LogP contribution is -2.36. The topological polar surface area (TPSA) is 56.3 Å². The molecule has 1 saturated heterocycles. The summed E-state index contributed by atoms with van der Waals surface area (Å²) in [6, 6.07) is 15.7. The first-order valence-electron chi connectivity index (χ1n) is 8.97. The summed E-state index contributed by atoms with van der Waals surface area (Å²) >= 11 is 6.22. The number of fused-ring (bicyclic) bond motifs is 1. The Hall–Kier alpha value is -2.30. The SMILES string of the molecule is O=C(c1[nH]c2ccc(Cl)cc2c1-c1ccccc1)N1CCC[C@@H]1CCO. The van der Waals surface area contributed by atoms with Gasteiger partial charge in [0, 0.05) is 40.7 Å². The lowest BCUT2D eigenvalue weighted by Gasteiger charge is -2.24. The van der Waals surface area contributed by atoms with Gasteiger partial charge in [-0.1, -0.05) is 41.9 Å². The average molecular weight is 369 g/mol. The lowest BCUT2D eigenvalue weighted by molar-refractivity contribution is 0.0712. The molecule has 1 aliphatic rings. The van der Waals surface area contributed by atoms with Crippen LogP contribution in [-0.2, 0) is 0 Å². The largest absolute Gasteiger partial charge is 0.396 e. The van der Waals surface area contributed by atoms with Crippen LogP contribution >= 0.6 is 11.6 Å². The van der Waals surface area contributed by atoms with E-state index in [0.29, 0.717) is 17.1 Å². The molecule has 2 aromatic carbocycles. The Bertz CT molecular complexity index is 936. The highest BCUT2D eigenvalue weighted by molar-refractivity contribution is 6.31.